The molecule has 5 nitrogen and oxygen atoms in total. The maximum Gasteiger partial charge on any atom is 0.227 e. The molecule has 0 fully saturated rings. The first kappa shape index (κ1) is 21.8. The van der Waals surface area contributed by atoms with Crippen molar-refractivity contribution in [2.24, 2.45) is 5.73 Å². The molecule has 0 aliphatic rings. The zero-order valence-corrected chi connectivity index (χ0v) is 17.4. The van der Waals surface area contributed by atoms with Crippen LogP contribution in [0.5, 0.6) is 11.5 Å². The Morgan fingerprint density at radius 3 is 2.57 bits per heavy atom. The standard InChI is InChI=1S/C23H32N2O3/c1-16-7-8-19(14-17(16)2)6-5-12-25-23(26)18(3)20-9-10-21(28-13-11-24)22(15-20)27-4/h7-10,14-15,18H,5-6,11-13,24H2,1-4H3,(H,25,26). The summed E-state index contributed by atoms with van der Waals surface area (Å²) in [6.45, 7) is 7.66. The Morgan fingerprint density at radius 1 is 1.11 bits per heavy atom. The van der Waals surface area contributed by atoms with Crippen molar-refractivity contribution in [3.8, 4) is 11.5 Å². The van der Waals surface area contributed by atoms with E-state index in [9.17, 15) is 4.79 Å². The zero-order valence-electron chi connectivity index (χ0n) is 17.4. The quantitative estimate of drug-likeness (QED) is 0.615. The lowest BCUT2D eigenvalue weighted by Crippen LogP contribution is -2.29. The summed E-state index contributed by atoms with van der Waals surface area (Å²) in [4.78, 5) is 12.5. The van der Waals surface area contributed by atoms with Gasteiger partial charge in [-0.15, -0.1) is 0 Å². The van der Waals surface area contributed by atoms with Crippen molar-refractivity contribution in [2.45, 2.75) is 39.5 Å². The van der Waals surface area contributed by atoms with Gasteiger partial charge in [0.15, 0.2) is 11.5 Å². The van der Waals surface area contributed by atoms with E-state index in [1.807, 2.05) is 25.1 Å². The Kier molecular flexibility index (Phi) is 8.33. The van der Waals surface area contributed by atoms with Crippen molar-refractivity contribution in [1.29, 1.82) is 0 Å². The number of nitrogens with two attached hydrogens (primary N) is 1. The van der Waals surface area contributed by atoms with E-state index >= 15 is 0 Å². The van der Waals surface area contributed by atoms with Crippen LogP contribution in [0, 0.1) is 13.8 Å². The number of carbonyl (C=O) groups excluding carboxylic acids is 1. The Hall–Kier alpha value is -2.53. The van der Waals surface area contributed by atoms with E-state index in [4.69, 9.17) is 15.2 Å². The lowest BCUT2D eigenvalue weighted by molar-refractivity contribution is -0.122. The third kappa shape index (κ3) is 5.99. The molecule has 2 aromatic rings. The summed E-state index contributed by atoms with van der Waals surface area (Å²) in [7, 11) is 1.59. The molecular weight excluding hydrogens is 352 g/mol. The van der Waals surface area contributed by atoms with Crippen LogP contribution in [0.25, 0.3) is 0 Å². The second-order valence-electron chi connectivity index (χ2n) is 7.08. The second kappa shape index (κ2) is 10.7. The molecule has 28 heavy (non-hydrogen) atoms. The third-order valence-corrected chi connectivity index (χ3v) is 4.97. The second-order valence-corrected chi connectivity index (χ2v) is 7.08. The topological polar surface area (TPSA) is 73.6 Å². The van der Waals surface area contributed by atoms with Crippen LogP contribution in [-0.4, -0.2) is 32.7 Å². The van der Waals surface area contributed by atoms with Gasteiger partial charge in [-0.2, -0.15) is 0 Å². The molecule has 0 radical (unpaired) electrons. The van der Waals surface area contributed by atoms with Crippen molar-refractivity contribution in [3.05, 3.63) is 58.7 Å². The summed E-state index contributed by atoms with van der Waals surface area (Å²) in [6, 6.07) is 12.1. The first-order chi connectivity index (χ1) is 13.5. The smallest absolute Gasteiger partial charge is 0.227 e. The average Bonchev–Trinajstić information content (AvgIpc) is 2.71. The molecule has 0 aromatic heterocycles. The number of carbonyl (C=O) groups is 1. The minimum Gasteiger partial charge on any atom is -0.493 e. The zero-order chi connectivity index (χ0) is 20.5. The fraction of sp³-hybridized carbons (Fsp3) is 0.435. The SMILES string of the molecule is COc1cc(C(C)C(=O)NCCCc2ccc(C)c(C)c2)ccc1OCCN. The fourth-order valence-corrected chi connectivity index (χ4v) is 3.01. The molecule has 0 aliphatic heterocycles. The van der Waals surface area contributed by atoms with Gasteiger partial charge in [-0.3, -0.25) is 4.79 Å². The summed E-state index contributed by atoms with van der Waals surface area (Å²) < 4.78 is 10.9. The highest BCUT2D eigenvalue weighted by molar-refractivity contribution is 5.83. The summed E-state index contributed by atoms with van der Waals surface area (Å²) >= 11 is 0. The summed E-state index contributed by atoms with van der Waals surface area (Å²) in [5.41, 5.74) is 10.3. The predicted molar refractivity (Wildman–Crippen MR) is 113 cm³/mol. The Balaban J connectivity index is 1.87. The van der Waals surface area contributed by atoms with Gasteiger partial charge in [-0.25, -0.2) is 0 Å². The summed E-state index contributed by atoms with van der Waals surface area (Å²) in [6.07, 6.45) is 1.87. The van der Waals surface area contributed by atoms with E-state index < -0.39 is 0 Å². The molecule has 2 rings (SSSR count). The van der Waals surface area contributed by atoms with Crippen LogP contribution in [0.3, 0.4) is 0 Å². The Labute approximate surface area is 168 Å². The number of benzene rings is 2. The third-order valence-electron chi connectivity index (χ3n) is 4.97. The lowest BCUT2D eigenvalue weighted by atomic mass is 9.99. The highest BCUT2D eigenvalue weighted by atomic mass is 16.5. The number of aryl methyl sites for hydroxylation is 3. The van der Waals surface area contributed by atoms with E-state index in [1.165, 1.54) is 16.7 Å². The fourth-order valence-electron chi connectivity index (χ4n) is 3.01. The van der Waals surface area contributed by atoms with Crippen molar-refractivity contribution in [2.75, 3.05) is 26.8 Å². The van der Waals surface area contributed by atoms with Crippen LogP contribution in [0.1, 0.15) is 41.5 Å². The highest BCUT2D eigenvalue weighted by Crippen LogP contribution is 2.31. The molecule has 1 unspecified atom stereocenters. The predicted octanol–water partition coefficient (Wildman–Crippen LogP) is 3.50. The van der Waals surface area contributed by atoms with Gasteiger partial charge in [0.2, 0.25) is 5.91 Å². The minimum atomic E-state index is -0.265. The van der Waals surface area contributed by atoms with Crippen LogP contribution < -0.4 is 20.5 Å². The van der Waals surface area contributed by atoms with Crippen molar-refractivity contribution in [3.63, 3.8) is 0 Å². The van der Waals surface area contributed by atoms with E-state index in [-0.39, 0.29) is 11.8 Å². The van der Waals surface area contributed by atoms with Gasteiger partial charge in [0.1, 0.15) is 6.61 Å². The van der Waals surface area contributed by atoms with Gasteiger partial charge in [0.05, 0.1) is 13.0 Å². The van der Waals surface area contributed by atoms with Gasteiger partial charge < -0.3 is 20.5 Å². The van der Waals surface area contributed by atoms with Crippen molar-refractivity contribution in [1.82, 2.24) is 5.32 Å². The lowest BCUT2D eigenvalue weighted by Gasteiger charge is -2.16. The van der Waals surface area contributed by atoms with Crippen LogP contribution in [0.2, 0.25) is 0 Å². The van der Waals surface area contributed by atoms with Crippen molar-refractivity contribution < 1.29 is 14.3 Å². The van der Waals surface area contributed by atoms with Crippen molar-refractivity contribution >= 4 is 5.91 Å². The van der Waals surface area contributed by atoms with Gasteiger partial charge in [-0.1, -0.05) is 24.3 Å². The van der Waals surface area contributed by atoms with Crippen LogP contribution in [-0.2, 0) is 11.2 Å². The number of hydrogen-bond donors (Lipinski definition) is 2. The number of hydrogen-bond acceptors (Lipinski definition) is 4. The number of rotatable bonds is 10. The minimum absolute atomic E-state index is 0.0118. The number of ether oxygens (including phenoxy) is 2. The first-order valence-electron chi connectivity index (χ1n) is 9.81. The molecule has 0 heterocycles. The first-order valence-corrected chi connectivity index (χ1v) is 9.81. The van der Waals surface area contributed by atoms with Gasteiger partial charge in [-0.05, 0) is 68.0 Å². The van der Waals surface area contributed by atoms with Crippen LogP contribution >= 0.6 is 0 Å². The number of amides is 1. The van der Waals surface area contributed by atoms with E-state index in [0.29, 0.717) is 31.2 Å². The van der Waals surface area contributed by atoms with Crippen LogP contribution in [0.15, 0.2) is 36.4 Å². The molecule has 152 valence electrons. The van der Waals surface area contributed by atoms with Crippen LogP contribution in [0.4, 0.5) is 0 Å². The maximum atomic E-state index is 12.5. The van der Waals surface area contributed by atoms with E-state index in [2.05, 4.69) is 37.4 Å². The van der Waals surface area contributed by atoms with E-state index in [0.717, 1.165) is 18.4 Å². The highest BCUT2D eigenvalue weighted by Gasteiger charge is 2.17. The monoisotopic (exact) mass is 384 g/mol. The molecule has 1 amide bonds. The largest absolute Gasteiger partial charge is 0.493 e. The molecule has 0 saturated heterocycles. The molecule has 3 N–H and O–H groups in total. The van der Waals surface area contributed by atoms with E-state index in [1.54, 1.807) is 7.11 Å². The normalized spacial score (nSPS) is 11.8. The molecule has 5 heteroatoms. The molecule has 0 spiro atoms. The molecule has 0 bridgehead atoms. The van der Waals surface area contributed by atoms with Gasteiger partial charge in [0, 0.05) is 13.1 Å². The Morgan fingerprint density at radius 2 is 1.89 bits per heavy atom. The number of methoxy groups -OCH3 is 1. The molecule has 1 atom stereocenters. The van der Waals surface area contributed by atoms with Gasteiger partial charge >= 0.3 is 0 Å². The molecule has 0 aliphatic carbocycles. The summed E-state index contributed by atoms with van der Waals surface area (Å²) in [5, 5.41) is 3.04. The average molecular weight is 385 g/mol. The molecule has 2 aromatic carbocycles. The maximum absolute atomic E-state index is 12.5. The molecule has 0 saturated carbocycles. The Bertz CT molecular complexity index is 789. The summed E-state index contributed by atoms with van der Waals surface area (Å²) in [5.74, 6) is 0.995. The van der Waals surface area contributed by atoms with Gasteiger partial charge in [0.25, 0.3) is 0 Å². The molecular formula is C23H32N2O3. The number of nitrogens with one attached hydrogen (secondary N) is 1.